The Morgan fingerprint density at radius 3 is 2.50 bits per heavy atom. The number of nitrogens with zero attached hydrogens (tertiary/aromatic N) is 1. The maximum Gasteiger partial charge on any atom is 0.119 e. The van der Waals surface area contributed by atoms with E-state index in [9.17, 15) is 0 Å². The average molecular weight is 222 g/mol. The summed E-state index contributed by atoms with van der Waals surface area (Å²) < 4.78 is 5.65. The second-order valence-corrected chi connectivity index (χ2v) is 3.79. The van der Waals surface area contributed by atoms with Gasteiger partial charge in [-0.05, 0) is 25.1 Å². The number of hydrogen-bond donors (Lipinski definition) is 1. The van der Waals surface area contributed by atoms with Gasteiger partial charge in [-0.1, -0.05) is 25.1 Å². The summed E-state index contributed by atoms with van der Waals surface area (Å²) in [7, 11) is 0. The van der Waals surface area contributed by atoms with E-state index in [2.05, 4.69) is 11.8 Å². The smallest absolute Gasteiger partial charge is 0.119 e. The molecule has 3 nitrogen and oxygen atoms in total. The Balaban J connectivity index is 2.22. The lowest BCUT2D eigenvalue weighted by Crippen LogP contribution is -2.33. The molecule has 0 unspecified atom stereocenters. The maximum absolute atomic E-state index is 5.65. The van der Waals surface area contributed by atoms with Crippen molar-refractivity contribution in [2.24, 2.45) is 5.73 Å². The second-order valence-electron chi connectivity index (χ2n) is 3.79. The van der Waals surface area contributed by atoms with Gasteiger partial charge in [0.15, 0.2) is 0 Å². The van der Waals surface area contributed by atoms with Crippen LogP contribution in [0.3, 0.4) is 0 Å². The molecule has 0 fully saturated rings. The zero-order valence-corrected chi connectivity index (χ0v) is 10.1. The Hall–Kier alpha value is -1.06. The Bertz CT molecular complexity index is 258. The molecule has 0 spiro atoms. The fraction of sp³-hybridized carbons (Fsp3) is 0.538. The number of ether oxygens (including phenoxy) is 1. The third kappa shape index (κ3) is 5.14. The van der Waals surface area contributed by atoms with Gasteiger partial charge >= 0.3 is 0 Å². The molecule has 0 atom stereocenters. The van der Waals surface area contributed by atoms with Crippen LogP contribution in [-0.4, -0.2) is 37.7 Å². The normalized spacial score (nSPS) is 10.7. The molecule has 0 heterocycles. The van der Waals surface area contributed by atoms with Crippen molar-refractivity contribution in [1.82, 2.24) is 4.90 Å². The van der Waals surface area contributed by atoms with Crippen molar-refractivity contribution in [3.8, 4) is 5.75 Å². The molecule has 0 aliphatic heterocycles. The van der Waals surface area contributed by atoms with Crippen LogP contribution in [-0.2, 0) is 0 Å². The largest absolute Gasteiger partial charge is 0.492 e. The van der Waals surface area contributed by atoms with E-state index in [0.29, 0.717) is 6.54 Å². The van der Waals surface area contributed by atoms with Crippen LogP contribution in [0.2, 0.25) is 0 Å². The molecule has 90 valence electrons. The minimum absolute atomic E-state index is 0.714. The molecule has 0 aliphatic carbocycles. The van der Waals surface area contributed by atoms with E-state index in [4.69, 9.17) is 10.5 Å². The van der Waals surface area contributed by atoms with E-state index in [1.807, 2.05) is 30.3 Å². The van der Waals surface area contributed by atoms with Gasteiger partial charge in [0.2, 0.25) is 0 Å². The Morgan fingerprint density at radius 2 is 1.88 bits per heavy atom. The van der Waals surface area contributed by atoms with Crippen molar-refractivity contribution in [3.05, 3.63) is 30.3 Å². The Kier molecular flexibility index (Phi) is 6.61. The highest BCUT2D eigenvalue weighted by Crippen LogP contribution is 2.07. The van der Waals surface area contributed by atoms with Crippen molar-refractivity contribution in [3.63, 3.8) is 0 Å². The fourth-order valence-corrected chi connectivity index (χ4v) is 1.64. The monoisotopic (exact) mass is 222 g/mol. The molecule has 1 aromatic rings. The first-order chi connectivity index (χ1) is 7.86. The first-order valence-corrected chi connectivity index (χ1v) is 5.97. The van der Waals surface area contributed by atoms with E-state index in [-0.39, 0.29) is 0 Å². The van der Waals surface area contributed by atoms with E-state index in [1.54, 1.807) is 0 Å². The SMILES string of the molecule is CCCN(CCN)CCOc1ccccc1. The van der Waals surface area contributed by atoms with Crippen LogP contribution in [0.4, 0.5) is 0 Å². The minimum Gasteiger partial charge on any atom is -0.492 e. The van der Waals surface area contributed by atoms with Crippen molar-refractivity contribution < 1.29 is 4.74 Å². The highest BCUT2D eigenvalue weighted by atomic mass is 16.5. The third-order valence-electron chi connectivity index (χ3n) is 2.40. The molecule has 0 saturated heterocycles. The average Bonchev–Trinajstić information content (AvgIpc) is 2.31. The molecular formula is C13H22N2O. The summed E-state index contributed by atoms with van der Waals surface area (Å²) in [6, 6.07) is 9.92. The van der Waals surface area contributed by atoms with Crippen LogP contribution < -0.4 is 10.5 Å². The highest BCUT2D eigenvalue weighted by Gasteiger charge is 2.02. The molecule has 16 heavy (non-hydrogen) atoms. The quantitative estimate of drug-likeness (QED) is 0.728. The van der Waals surface area contributed by atoms with Gasteiger partial charge in [-0.3, -0.25) is 4.90 Å². The molecule has 1 rings (SSSR count). The van der Waals surface area contributed by atoms with Gasteiger partial charge in [-0.15, -0.1) is 0 Å². The molecule has 0 amide bonds. The zero-order valence-electron chi connectivity index (χ0n) is 10.1. The van der Waals surface area contributed by atoms with Crippen molar-refractivity contribution in [1.29, 1.82) is 0 Å². The van der Waals surface area contributed by atoms with Gasteiger partial charge in [0.25, 0.3) is 0 Å². The predicted molar refractivity (Wildman–Crippen MR) is 67.7 cm³/mol. The number of benzene rings is 1. The molecule has 0 saturated carbocycles. The van der Waals surface area contributed by atoms with E-state index >= 15 is 0 Å². The number of hydrogen-bond acceptors (Lipinski definition) is 3. The van der Waals surface area contributed by atoms with Gasteiger partial charge in [-0.25, -0.2) is 0 Å². The zero-order chi connectivity index (χ0) is 11.6. The Labute approximate surface area is 98.2 Å². The molecule has 3 heteroatoms. The predicted octanol–water partition coefficient (Wildman–Crippen LogP) is 1.74. The maximum atomic E-state index is 5.65. The van der Waals surface area contributed by atoms with Crippen molar-refractivity contribution in [2.45, 2.75) is 13.3 Å². The summed E-state index contributed by atoms with van der Waals surface area (Å²) in [6.07, 6.45) is 1.16. The lowest BCUT2D eigenvalue weighted by Gasteiger charge is -2.20. The van der Waals surface area contributed by atoms with E-state index < -0.39 is 0 Å². The molecule has 0 aromatic heterocycles. The molecule has 0 radical (unpaired) electrons. The van der Waals surface area contributed by atoms with E-state index in [0.717, 1.165) is 38.4 Å². The fourth-order valence-electron chi connectivity index (χ4n) is 1.64. The van der Waals surface area contributed by atoms with Crippen LogP contribution >= 0.6 is 0 Å². The lowest BCUT2D eigenvalue weighted by atomic mass is 10.3. The number of para-hydroxylation sites is 1. The van der Waals surface area contributed by atoms with Gasteiger partial charge < -0.3 is 10.5 Å². The van der Waals surface area contributed by atoms with Crippen molar-refractivity contribution in [2.75, 3.05) is 32.8 Å². The summed E-state index contributed by atoms with van der Waals surface area (Å²) in [6.45, 7) is 6.61. The summed E-state index contributed by atoms with van der Waals surface area (Å²) in [5, 5.41) is 0. The molecular weight excluding hydrogens is 200 g/mol. The Morgan fingerprint density at radius 1 is 1.12 bits per heavy atom. The molecule has 2 N–H and O–H groups in total. The van der Waals surface area contributed by atoms with E-state index in [1.165, 1.54) is 0 Å². The second kappa shape index (κ2) is 8.13. The number of nitrogens with two attached hydrogens (primary N) is 1. The standard InChI is InChI=1S/C13H22N2O/c1-2-9-15(10-8-14)11-12-16-13-6-4-3-5-7-13/h3-7H,2,8-12,14H2,1H3. The van der Waals surface area contributed by atoms with Crippen molar-refractivity contribution >= 4 is 0 Å². The third-order valence-corrected chi connectivity index (χ3v) is 2.40. The first-order valence-electron chi connectivity index (χ1n) is 5.97. The molecule has 1 aromatic carbocycles. The molecule has 0 bridgehead atoms. The molecule has 0 aliphatic rings. The number of rotatable bonds is 8. The summed E-state index contributed by atoms with van der Waals surface area (Å²) >= 11 is 0. The summed E-state index contributed by atoms with van der Waals surface area (Å²) in [5.74, 6) is 0.937. The first kappa shape index (κ1) is 13.0. The van der Waals surface area contributed by atoms with Crippen LogP contribution in [0.15, 0.2) is 30.3 Å². The van der Waals surface area contributed by atoms with Gasteiger partial charge in [-0.2, -0.15) is 0 Å². The van der Waals surface area contributed by atoms with Crippen LogP contribution in [0.5, 0.6) is 5.75 Å². The van der Waals surface area contributed by atoms with Gasteiger partial charge in [0.05, 0.1) is 0 Å². The van der Waals surface area contributed by atoms with Crippen LogP contribution in [0, 0.1) is 0 Å². The van der Waals surface area contributed by atoms with Gasteiger partial charge in [0.1, 0.15) is 12.4 Å². The highest BCUT2D eigenvalue weighted by molar-refractivity contribution is 5.20. The van der Waals surface area contributed by atoms with Crippen LogP contribution in [0.25, 0.3) is 0 Å². The minimum atomic E-state index is 0.714. The summed E-state index contributed by atoms with van der Waals surface area (Å²) in [5.41, 5.74) is 5.56. The van der Waals surface area contributed by atoms with Crippen LogP contribution in [0.1, 0.15) is 13.3 Å². The topological polar surface area (TPSA) is 38.5 Å². The van der Waals surface area contributed by atoms with Gasteiger partial charge in [0, 0.05) is 19.6 Å². The summed E-state index contributed by atoms with van der Waals surface area (Å²) in [4.78, 5) is 2.34. The lowest BCUT2D eigenvalue weighted by molar-refractivity contribution is 0.212.